The zero-order valence-corrected chi connectivity index (χ0v) is 16.2. The summed E-state index contributed by atoms with van der Waals surface area (Å²) < 4.78 is 0. The lowest BCUT2D eigenvalue weighted by Crippen LogP contribution is -2.38. The Morgan fingerprint density at radius 1 is 0.833 bits per heavy atom. The van der Waals surface area contributed by atoms with E-state index < -0.39 is 5.91 Å². The smallest absolute Gasteiger partial charge is 0.257 e. The molecule has 7 nitrogen and oxygen atoms in total. The van der Waals surface area contributed by atoms with Gasteiger partial charge in [0.25, 0.3) is 5.91 Å². The molecule has 4 rings (SSSR count). The van der Waals surface area contributed by atoms with E-state index in [0.29, 0.717) is 24.2 Å². The molecule has 0 radical (unpaired) electrons. The number of nitrogens with one attached hydrogen (secondary N) is 2. The van der Waals surface area contributed by atoms with E-state index in [4.69, 9.17) is 0 Å². The van der Waals surface area contributed by atoms with Gasteiger partial charge in [-0.25, -0.2) is 0 Å². The van der Waals surface area contributed by atoms with Gasteiger partial charge in [-0.3, -0.25) is 24.1 Å². The number of imide groups is 1. The Morgan fingerprint density at radius 2 is 1.43 bits per heavy atom. The number of para-hydroxylation sites is 2. The van der Waals surface area contributed by atoms with Crippen molar-refractivity contribution in [3.63, 3.8) is 0 Å². The summed E-state index contributed by atoms with van der Waals surface area (Å²) in [7, 11) is 0. The first-order valence-electron chi connectivity index (χ1n) is 9.80. The molecular formula is C23H21N3O4. The molecule has 1 saturated heterocycles. The summed E-state index contributed by atoms with van der Waals surface area (Å²) in [5.41, 5.74) is 1.23. The normalized spacial score (nSPS) is 20.1. The van der Waals surface area contributed by atoms with Gasteiger partial charge in [-0.15, -0.1) is 0 Å². The highest BCUT2D eigenvalue weighted by Gasteiger charge is 2.47. The van der Waals surface area contributed by atoms with Gasteiger partial charge in [-0.2, -0.15) is 0 Å². The summed E-state index contributed by atoms with van der Waals surface area (Å²) in [6, 6.07) is 15.6. The molecule has 2 N–H and O–H groups in total. The Hall–Kier alpha value is -3.74. The summed E-state index contributed by atoms with van der Waals surface area (Å²) >= 11 is 0. The lowest BCUT2D eigenvalue weighted by Gasteiger charge is -2.16. The van der Waals surface area contributed by atoms with Crippen molar-refractivity contribution in [3.05, 3.63) is 72.3 Å². The largest absolute Gasteiger partial charge is 0.324 e. The molecule has 0 unspecified atom stereocenters. The van der Waals surface area contributed by atoms with Gasteiger partial charge in [0.2, 0.25) is 17.7 Å². The van der Waals surface area contributed by atoms with E-state index >= 15 is 0 Å². The minimum atomic E-state index is -0.525. The summed E-state index contributed by atoms with van der Waals surface area (Å²) in [5, 5.41) is 5.44. The number of hydrogen-bond acceptors (Lipinski definition) is 4. The molecule has 0 spiro atoms. The number of rotatable bonds is 5. The first kappa shape index (κ1) is 19.6. The third-order valence-corrected chi connectivity index (χ3v) is 5.38. The van der Waals surface area contributed by atoms with Crippen molar-refractivity contribution in [1.29, 1.82) is 0 Å². The van der Waals surface area contributed by atoms with Crippen molar-refractivity contribution in [3.8, 4) is 0 Å². The second-order valence-electron chi connectivity index (χ2n) is 7.33. The third kappa shape index (κ3) is 3.87. The molecule has 1 heterocycles. The van der Waals surface area contributed by atoms with Crippen LogP contribution in [0.4, 0.5) is 11.4 Å². The number of amides is 4. The summed E-state index contributed by atoms with van der Waals surface area (Å²) in [4.78, 5) is 51.4. The van der Waals surface area contributed by atoms with Crippen molar-refractivity contribution in [1.82, 2.24) is 4.90 Å². The minimum Gasteiger partial charge on any atom is -0.324 e. The van der Waals surface area contributed by atoms with Crippen LogP contribution < -0.4 is 10.6 Å². The lowest BCUT2D eigenvalue weighted by atomic mass is 9.85. The van der Waals surface area contributed by atoms with E-state index in [0.717, 1.165) is 4.90 Å². The van der Waals surface area contributed by atoms with Crippen LogP contribution in [-0.4, -0.2) is 35.1 Å². The molecule has 1 aliphatic carbocycles. The fourth-order valence-electron chi connectivity index (χ4n) is 3.87. The maximum absolute atomic E-state index is 12.6. The monoisotopic (exact) mass is 403 g/mol. The molecular weight excluding hydrogens is 382 g/mol. The Bertz CT molecular complexity index is 1010. The predicted molar refractivity (Wildman–Crippen MR) is 112 cm³/mol. The molecule has 0 aromatic heterocycles. The SMILES string of the molecule is O=C(CN1C(=O)[C@@H]2CC=CC[C@H]2C1=O)Nc1ccccc1C(=O)Nc1ccccc1. The third-order valence-electron chi connectivity index (χ3n) is 5.38. The number of nitrogens with zero attached hydrogens (tertiary/aromatic N) is 1. The van der Waals surface area contributed by atoms with Crippen LogP contribution in [-0.2, 0) is 14.4 Å². The average molecular weight is 403 g/mol. The topological polar surface area (TPSA) is 95.6 Å². The number of benzene rings is 2. The summed E-state index contributed by atoms with van der Waals surface area (Å²) in [6.45, 7) is -0.362. The first-order valence-corrected chi connectivity index (χ1v) is 9.80. The number of hydrogen-bond donors (Lipinski definition) is 2. The molecule has 2 atom stereocenters. The van der Waals surface area contributed by atoms with E-state index in [1.165, 1.54) is 0 Å². The molecule has 2 aromatic rings. The first-order chi connectivity index (χ1) is 14.5. The van der Waals surface area contributed by atoms with Gasteiger partial charge in [0.05, 0.1) is 23.1 Å². The second-order valence-corrected chi connectivity index (χ2v) is 7.33. The van der Waals surface area contributed by atoms with Gasteiger partial charge < -0.3 is 10.6 Å². The highest BCUT2D eigenvalue weighted by molar-refractivity contribution is 6.12. The zero-order valence-electron chi connectivity index (χ0n) is 16.2. The maximum Gasteiger partial charge on any atom is 0.257 e. The standard InChI is InChI=1S/C23H21N3O4/c27-20(14-26-22(29)16-10-4-5-11-17(16)23(26)30)25-19-13-7-6-12-18(19)21(28)24-15-8-2-1-3-9-15/h1-9,12-13,16-17H,10-11,14H2,(H,24,28)(H,25,27)/t16-,17-/m1/s1. The molecule has 4 amide bonds. The van der Waals surface area contributed by atoms with E-state index in [-0.39, 0.29) is 41.7 Å². The van der Waals surface area contributed by atoms with Crippen molar-refractivity contribution in [2.45, 2.75) is 12.8 Å². The second kappa shape index (κ2) is 8.32. The van der Waals surface area contributed by atoms with Crippen LogP contribution in [0, 0.1) is 11.8 Å². The van der Waals surface area contributed by atoms with Crippen LogP contribution in [0.25, 0.3) is 0 Å². The van der Waals surface area contributed by atoms with Crippen LogP contribution in [0.1, 0.15) is 23.2 Å². The predicted octanol–water partition coefficient (Wildman–Crippen LogP) is 2.83. The molecule has 30 heavy (non-hydrogen) atoms. The Balaban J connectivity index is 1.45. The van der Waals surface area contributed by atoms with Crippen LogP contribution in [0.5, 0.6) is 0 Å². The van der Waals surface area contributed by atoms with Crippen LogP contribution in [0.15, 0.2) is 66.7 Å². The van der Waals surface area contributed by atoms with Gasteiger partial charge in [0.1, 0.15) is 6.54 Å². The van der Waals surface area contributed by atoms with Gasteiger partial charge in [-0.1, -0.05) is 42.5 Å². The van der Waals surface area contributed by atoms with Gasteiger partial charge >= 0.3 is 0 Å². The number of anilines is 2. The number of carbonyl (C=O) groups is 4. The lowest BCUT2D eigenvalue weighted by molar-refractivity contribution is -0.142. The van der Waals surface area contributed by atoms with E-state index in [9.17, 15) is 19.2 Å². The van der Waals surface area contributed by atoms with Crippen molar-refractivity contribution in [2.24, 2.45) is 11.8 Å². The Kier molecular flexibility index (Phi) is 5.43. The van der Waals surface area contributed by atoms with Gasteiger partial charge in [0, 0.05) is 5.69 Å². The minimum absolute atomic E-state index is 0.284. The molecule has 0 bridgehead atoms. The summed E-state index contributed by atoms with van der Waals surface area (Å²) in [6.07, 6.45) is 4.85. The fourth-order valence-corrected chi connectivity index (χ4v) is 3.87. The molecule has 2 aliphatic rings. The number of allylic oxidation sites excluding steroid dienone is 2. The maximum atomic E-state index is 12.6. The Labute approximate surface area is 173 Å². The van der Waals surface area contributed by atoms with E-state index in [1.807, 2.05) is 18.2 Å². The highest BCUT2D eigenvalue weighted by atomic mass is 16.2. The number of likely N-dealkylation sites (tertiary alicyclic amines) is 1. The van der Waals surface area contributed by atoms with Crippen LogP contribution in [0.3, 0.4) is 0 Å². The van der Waals surface area contributed by atoms with Gasteiger partial charge in [0.15, 0.2) is 0 Å². The molecule has 7 heteroatoms. The molecule has 0 saturated carbocycles. The summed E-state index contributed by atoms with van der Waals surface area (Å²) in [5.74, 6) is -2.26. The zero-order chi connectivity index (χ0) is 21.1. The number of carbonyl (C=O) groups excluding carboxylic acids is 4. The van der Waals surface area contributed by atoms with Crippen molar-refractivity contribution >= 4 is 35.0 Å². The average Bonchev–Trinajstić information content (AvgIpc) is 3.00. The molecule has 1 aliphatic heterocycles. The van der Waals surface area contributed by atoms with E-state index in [2.05, 4.69) is 10.6 Å². The van der Waals surface area contributed by atoms with Crippen LogP contribution >= 0.6 is 0 Å². The molecule has 152 valence electrons. The van der Waals surface area contributed by atoms with Crippen LogP contribution in [0.2, 0.25) is 0 Å². The fraction of sp³-hybridized carbons (Fsp3) is 0.217. The quantitative estimate of drug-likeness (QED) is 0.593. The van der Waals surface area contributed by atoms with Gasteiger partial charge in [-0.05, 0) is 37.1 Å². The highest BCUT2D eigenvalue weighted by Crippen LogP contribution is 2.34. The number of fused-ring (bicyclic) bond motifs is 1. The molecule has 2 aromatic carbocycles. The van der Waals surface area contributed by atoms with Crippen molar-refractivity contribution < 1.29 is 19.2 Å². The molecule has 1 fully saturated rings. The van der Waals surface area contributed by atoms with Crippen molar-refractivity contribution in [2.75, 3.05) is 17.2 Å². The Morgan fingerprint density at radius 3 is 2.10 bits per heavy atom. The van der Waals surface area contributed by atoms with E-state index in [1.54, 1.807) is 48.5 Å².